The molecular formula is C18H15ClN2O3. The molecule has 122 valence electrons. The summed E-state index contributed by atoms with van der Waals surface area (Å²) in [6, 6.07) is 12.3. The smallest absolute Gasteiger partial charge is 0.244 e. The van der Waals surface area contributed by atoms with E-state index in [-0.39, 0.29) is 12.5 Å². The van der Waals surface area contributed by atoms with Crippen molar-refractivity contribution >= 4 is 40.4 Å². The Kier molecular flexibility index (Phi) is 4.53. The monoisotopic (exact) mass is 342 g/mol. The van der Waals surface area contributed by atoms with E-state index in [1.807, 2.05) is 0 Å². The number of anilines is 1. The average molecular weight is 343 g/mol. The molecule has 0 atom stereocenters. The summed E-state index contributed by atoms with van der Waals surface area (Å²) in [6.45, 7) is 0.0952. The van der Waals surface area contributed by atoms with Gasteiger partial charge in [-0.05, 0) is 42.5 Å². The lowest BCUT2D eigenvalue weighted by Crippen LogP contribution is -2.18. The molecule has 1 amide bonds. The zero-order valence-corrected chi connectivity index (χ0v) is 13.7. The Bertz CT molecular complexity index is 901. The molecule has 0 aliphatic heterocycles. The van der Waals surface area contributed by atoms with E-state index < -0.39 is 0 Å². The van der Waals surface area contributed by atoms with Crippen LogP contribution in [0.2, 0.25) is 5.02 Å². The highest BCUT2D eigenvalue weighted by Gasteiger charge is 2.11. The summed E-state index contributed by atoms with van der Waals surface area (Å²) < 4.78 is 6.81. The van der Waals surface area contributed by atoms with E-state index in [0.717, 1.165) is 22.9 Å². The van der Waals surface area contributed by atoms with Crippen LogP contribution in [0.4, 0.5) is 5.69 Å². The van der Waals surface area contributed by atoms with Crippen molar-refractivity contribution in [3.05, 3.63) is 59.2 Å². The van der Waals surface area contributed by atoms with Gasteiger partial charge in [0.15, 0.2) is 6.29 Å². The van der Waals surface area contributed by atoms with Gasteiger partial charge in [0.2, 0.25) is 5.91 Å². The maximum absolute atomic E-state index is 12.3. The summed E-state index contributed by atoms with van der Waals surface area (Å²) in [7, 11) is 1.58. The predicted octanol–water partition coefficient (Wildman–Crippen LogP) is 3.75. The summed E-state index contributed by atoms with van der Waals surface area (Å²) in [6.07, 6.45) is 2.41. The largest absolute Gasteiger partial charge is 0.497 e. The van der Waals surface area contributed by atoms with Crippen LogP contribution in [-0.4, -0.2) is 23.9 Å². The lowest BCUT2D eigenvalue weighted by Gasteiger charge is -2.08. The van der Waals surface area contributed by atoms with Crippen molar-refractivity contribution in [1.82, 2.24) is 4.57 Å². The number of aldehydes is 1. The number of benzene rings is 2. The lowest BCUT2D eigenvalue weighted by atomic mass is 10.2. The van der Waals surface area contributed by atoms with Gasteiger partial charge in [0, 0.05) is 33.4 Å². The van der Waals surface area contributed by atoms with Crippen LogP contribution < -0.4 is 10.1 Å². The van der Waals surface area contributed by atoms with E-state index in [9.17, 15) is 9.59 Å². The number of amides is 1. The Balaban J connectivity index is 1.81. The van der Waals surface area contributed by atoms with Crippen LogP contribution in [0.3, 0.4) is 0 Å². The van der Waals surface area contributed by atoms with Crippen molar-refractivity contribution in [3.63, 3.8) is 0 Å². The van der Waals surface area contributed by atoms with E-state index >= 15 is 0 Å². The van der Waals surface area contributed by atoms with E-state index in [1.165, 1.54) is 0 Å². The average Bonchev–Trinajstić information content (AvgIpc) is 2.92. The fourth-order valence-corrected chi connectivity index (χ4v) is 2.72. The van der Waals surface area contributed by atoms with Crippen molar-refractivity contribution in [2.45, 2.75) is 6.54 Å². The third-order valence-corrected chi connectivity index (χ3v) is 3.92. The number of carbonyl (C=O) groups excluding carboxylic acids is 2. The van der Waals surface area contributed by atoms with Gasteiger partial charge >= 0.3 is 0 Å². The summed E-state index contributed by atoms with van der Waals surface area (Å²) in [5, 5.41) is 4.09. The minimum atomic E-state index is -0.190. The van der Waals surface area contributed by atoms with Gasteiger partial charge in [-0.25, -0.2) is 0 Å². The standard InChI is InChI=1S/C18H15ClN2O3/c1-24-15-5-3-14(4-6-15)20-18(23)10-21-9-12(11-22)16-8-13(19)2-7-17(16)21/h2-9,11H,10H2,1H3,(H,20,23). The second kappa shape index (κ2) is 6.76. The number of ether oxygens (including phenoxy) is 1. The Morgan fingerprint density at radius 2 is 2.00 bits per heavy atom. The highest BCUT2D eigenvalue weighted by molar-refractivity contribution is 6.31. The number of nitrogens with zero attached hydrogens (tertiary/aromatic N) is 1. The third-order valence-electron chi connectivity index (χ3n) is 3.69. The number of hydrogen-bond donors (Lipinski definition) is 1. The zero-order valence-electron chi connectivity index (χ0n) is 13.0. The summed E-state index contributed by atoms with van der Waals surface area (Å²) in [5.41, 5.74) is 1.96. The van der Waals surface area contributed by atoms with Crippen molar-refractivity contribution in [2.24, 2.45) is 0 Å². The molecule has 1 heterocycles. The number of methoxy groups -OCH3 is 1. The number of fused-ring (bicyclic) bond motifs is 1. The van der Waals surface area contributed by atoms with Gasteiger partial charge in [-0.2, -0.15) is 0 Å². The maximum atomic E-state index is 12.3. The lowest BCUT2D eigenvalue weighted by molar-refractivity contribution is -0.116. The van der Waals surface area contributed by atoms with Crippen molar-refractivity contribution in [2.75, 3.05) is 12.4 Å². The molecule has 0 saturated heterocycles. The van der Waals surface area contributed by atoms with Crippen LogP contribution in [0.1, 0.15) is 10.4 Å². The summed E-state index contributed by atoms with van der Waals surface area (Å²) >= 11 is 5.98. The molecular weight excluding hydrogens is 328 g/mol. The van der Waals surface area contributed by atoms with E-state index in [0.29, 0.717) is 16.3 Å². The van der Waals surface area contributed by atoms with Gasteiger partial charge < -0.3 is 14.6 Å². The van der Waals surface area contributed by atoms with Crippen LogP contribution in [-0.2, 0) is 11.3 Å². The summed E-state index contributed by atoms with van der Waals surface area (Å²) in [4.78, 5) is 23.5. The van der Waals surface area contributed by atoms with Crippen molar-refractivity contribution in [1.29, 1.82) is 0 Å². The van der Waals surface area contributed by atoms with Crippen molar-refractivity contribution < 1.29 is 14.3 Å². The Hall–Kier alpha value is -2.79. The fraction of sp³-hybridized carbons (Fsp3) is 0.111. The van der Waals surface area contributed by atoms with Crippen LogP contribution in [0.5, 0.6) is 5.75 Å². The molecule has 3 aromatic rings. The molecule has 1 N–H and O–H groups in total. The highest BCUT2D eigenvalue weighted by Crippen LogP contribution is 2.24. The Morgan fingerprint density at radius 1 is 1.25 bits per heavy atom. The van der Waals surface area contributed by atoms with Crippen molar-refractivity contribution in [3.8, 4) is 5.75 Å². The quantitative estimate of drug-likeness (QED) is 0.718. The second-order valence-electron chi connectivity index (χ2n) is 5.27. The highest BCUT2D eigenvalue weighted by atomic mass is 35.5. The third kappa shape index (κ3) is 3.26. The molecule has 0 radical (unpaired) electrons. The van der Waals surface area contributed by atoms with Crippen LogP contribution in [0.25, 0.3) is 10.9 Å². The first-order valence-corrected chi connectivity index (χ1v) is 7.66. The topological polar surface area (TPSA) is 60.3 Å². The predicted molar refractivity (Wildman–Crippen MR) is 94.0 cm³/mol. The van der Waals surface area contributed by atoms with E-state index in [2.05, 4.69) is 5.32 Å². The molecule has 0 unspecified atom stereocenters. The van der Waals surface area contributed by atoms with Gasteiger partial charge in [0.05, 0.1) is 7.11 Å². The molecule has 6 heteroatoms. The number of nitrogens with one attached hydrogen (secondary N) is 1. The molecule has 0 aliphatic rings. The minimum Gasteiger partial charge on any atom is -0.497 e. The van der Waals surface area contributed by atoms with Gasteiger partial charge in [0.1, 0.15) is 12.3 Å². The molecule has 0 saturated carbocycles. The van der Waals surface area contributed by atoms with E-state index in [1.54, 1.807) is 60.3 Å². The summed E-state index contributed by atoms with van der Waals surface area (Å²) in [5.74, 6) is 0.529. The molecule has 5 nitrogen and oxygen atoms in total. The fourth-order valence-electron chi connectivity index (χ4n) is 2.55. The first kappa shape index (κ1) is 16.1. The SMILES string of the molecule is COc1ccc(NC(=O)Cn2cc(C=O)c3cc(Cl)ccc32)cc1. The molecule has 2 aromatic carbocycles. The van der Waals surface area contributed by atoms with Gasteiger partial charge in [-0.15, -0.1) is 0 Å². The molecule has 0 spiro atoms. The minimum absolute atomic E-state index is 0.0952. The molecule has 0 fully saturated rings. The maximum Gasteiger partial charge on any atom is 0.244 e. The van der Waals surface area contributed by atoms with Crippen LogP contribution in [0.15, 0.2) is 48.7 Å². The van der Waals surface area contributed by atoms with Gasteiger partial charge in [-0.3, -0.25) is 9.59 Å². The molecule has 3 rings (SSSR count). The first-order valence-electron chi connectivity index (χ1n) is 7.28. The normalized spacial score (nSPS) is 10.6. The van der Waals surface area contributed by atoms with Crippen LogP contribution >= 0.6 is 11.6 Å². The zero-order chi connectivity index (χ0) is 17.1. The number of halogens is 1. The molecule has 24 heavy (non-hydrogen) atoms. The number of rotatable bonds is 5. The Morgan fingerprint density at radius 3 is 2.67 bits per heavy atom. The van der Waals surface area contributed by atoms with E-state index in [4.69, 9.17) is 16.3 Å². The van der Waals surface area contributed by atoms with Crippen LogP contribution in [0, 0.1) is 0 Å². The second-order valence-corrected chi connectivity index (χ2v) is 5.70. The number of aromatic nitrogens is 1. The molecule has 1 aromatic heterocycles. The number of carbonyl (C=O) groups is 2. The number of hydrogen-bond acceptors (Lipinski definition) is 3. The molecule has 0 bridgehead atoms. The van der Waals surface area contributed by atoms with Gasteiger partial charge in [-0.1, -0.05) is 11.6 Å². The van der Waals surface area contributed by atoms with Gasteiger partial charge in [0.25, 0.3) is 0 Å². The molecule has 0 aliphatic carbocycles. The Labute approximate surface area is 143 Å². The first-order chi connectivity index (χ1) is 11.6.